The highest BCUT2D eigenvalue weighted by molar-refractivity contribution is 7.99. The van der Waals surface area contributed by atoms with E-state index in [0.717, 1.165) is 23.9 Å². The van der Waals surface area contributed by atoms with Crippen LogP contribution in [-0.2, 0) is 7.05 Å². The van der Waals surface area contributed by atoms with Crippen LogP contribution in [0.2, 0.25) is 0 Å². The maximum Gasteiger partial charge on any atom is 0.185 e. The van der Waals surface area contributed by atoms with Gasteiger partial charge in [-0.1, -0.05) is 18.7 Å². The lowest BCUT2D eigenvalue weighted by Gasteiger charge is -2.11. The predicted molar refractivity (Wildman–Crippen MR) is 64.1 cm³/mol. The Kier molecular flexibility index (Phi) is 5.71. The van der Waals surface area contributed by atoms with E-state index in [-0.39, 0.29) is 0 Å². The molecule has 15 heavy (non-hydrogen) atoms. The van der Waals surface area contributed by atoms with Gasteiger partial charge in [0, 0.05) is 18.8 Å². The number of nitrogens with zero attached hydrogens (tertiary/aromatic N) is 3. The summed E-state index contributed by atoms with van der Waals surface area (Å²) in [7, 11) is 1.92. The molecule has 1 N–H and O–H groups in total. The predicted octanol–water partition coefficient (Wildman–Crippen LogP) is 1.69. The number of hydrogen-bond donors (Lipinski definition) is 1. The summed E-state index contributed by atoms with van der Waals surface area (Å²) in [5.74, 6) is 1.09. The number of rotatable bonds is 7. The van der Waals surface area contributed by atoms with Gasteiger partial charge in [-0.2, -0.15) is 5.10 Å². The number of aromatic nitrogens is 3. The molecule has 1 atom stereocenters. The maximum atomic E-state index is 4.17. The third kappa shape index (κ3) is 4.66. The van der Waals surface area contributed by atoms with Crippen LogP contribution in [0.15, 0.2) is 11.5 Å². The maximum absolute atomic E-state index is 4.17. The molecule has 0 radical (unpaired) electrons. The molecule has 0 saturated carbocycles. The molecule has 0 bridgehead atoms. The van der Waals surface area contributed by atoms with Gasteiger partial charge >= 0.3 is 0 Å². The summed E-state index contributed by atoms with van der Waals surface area (Å²) < 4.78 is 1.81. The Bertz CT molecular complexity index is 274. The second kappa shape index (κ2) is 6.85. The first-order valence-electron chi connectivity index (χ1n) is 5.44. The molecule has 0 aliphatic heterocycles. The lowest BCUT2D eigenvalue weighted by Crippen LogP contribution is -2.27. The van der Waals surface area contributed by atoms with Crippen LogP contribution >= 0.6 is 11.8 Å². The van der Waals surface area contributed by atoms with E-state index in [2.05, 4.69) is 29.2 Å². The van der Waals surface area contributed by atoms with E-state index >= 15 is 0 Å². The third-order valence-electron chi connectivity index (χ3n) is 2.19. The van der Waals surface area contributed by atoms with Crippen LogP contribution in [0.3, 0.4) is 0 Å². The minimum absolute atomic E-state index is 0.589. The summed E-state index contributed by atoms with van der Waals surface area (Å²) in [4.78, 5) is 4.17. The molecule has 1 rings (SSSR count). The molecule has 0 saturated heterocycles. The quantitative estimate of drug-likeness (QED) is 0.721. The van der Waals surface area contributed by atoms with Crippen molar-refractivity contribution in [2.24, 2.45) is 7.05 Å². The summed E-state index contributed by atoms with van der Waals surface area (Å²) in [6, 6.07) is 0.589. The highest BCUT2D eigenvalue weighted by Crippen LogP contribution is 2.14. The van der Waals surface area contributed by atoms with Gasteiger partial charge in [0.05, 0.1) is 0 Å². The van der Waals surface area contributed by atoms with E-state index in [1.807, 2.05) is 11.7 Å². The van der Waals surface area contributed by atoms with E-state index in [1.54, 1.807) is 18.1 Å². The second-order valence-electron chi connectivity index (χ2n) is 3.66. The molecule has 1 heterocycles. The Morgan fingerprint density at radius 1 is 1.60 bits per heavy atom. The van der Waals surface area contributed by atoms with E-state index in [4.69, 9.17) is 0 Å². The van der Waals surface area contributed by atoms with Crippen LogP contribution < -0.4 is 5.32 Å². The van der Waals surface area contributed by atoms with E-state index in [0.29, 0.717) is 6.04 Å². The van der Waals surface area contributed by atoms with Gasteiger partial charge in [-0.25, -0.2) is 9.67 Å². The molecule has 0 aromatic carbocycles. The molecule has 0 spiro atoms. The van der Waals surface area contributed by atoms with Crippen LogP contribution in [0.1, 0.15) is 26.7 Å². The van der Waals surface area contributed by atoms with E-state index in [1.165, 1.54) is 6.42 Å². The van der Waals surface area contributed by atoms with Crippen molar-refractivity contribution in [1.29, 1.82) is 0 Å². The van der Waals surface area contributed by atoms with Gasteiger partial charge in [0.15, 0.2) is 5.16 Å². The van der Waals surface area contributed by atoms with Gasteiger partial charge < -0.3 is 5.32 Å². The molecule has 1 aromatic rings. The molecular weight excluding hydrogens is 208 g/mol. The van der Waals surface area contributed by atoms with E-state index in [9.17, 15) is 0 Å². The third-order valence-corrected chi connectivity index (χ3v) is 3.26. The van der Waals surface area contributed by atoms with Crippen LogP contribution in [-0.4, -0.2) is 33.1 Å². The highest BCUT2D eigenvalue weighted by atomic mass is 32.2. The Hall–Kier alpha value is -0.550. The summed E-state index contributed by atoms with van der Waals surface area (Å²) in [6.45, 7) is 5.52. The first kappa shape index (κ1) is 12.5. The Labute approximate surface area is 95.9 Å². The monoisotopic (exact) mass is 228 g/mol. The molecular formula is C10H20N4S. The van der Waals surface area contributed by atoms with Gasteiger partial charge in [0.1, 0.15) is 6.33 Å². The van der Waals surface area contributed by atoms with E-state index < -0.39 is 0 Å². The lowest BCUT2D eigenvalue weighted by molar-refractivity contribution is 0.535. The van der Waals surface area contributed by atoms with Crippen LogP contribution in [0.25, 0.3) is 0 Å². The largest absolute Gasteiger partial charge is 0.314 e. The average molecular weight is 228 g/mol. The SMILES string of the molecule is CCCNC(C)CCSc1ncnn1C. The zero-order valence-electron chi connectivity index (χ0n) is 9.73. The van der Waals surface area contributed by atoms with Gasteiger partial charge in [-0.3, -0.25) is 0 Å². The van der Waals surface area contributed by atoms with Crippen molar-refractivity contribution in [3.63, 3.8) is 0 Å². The van der Waals surface area contributed by atoms with Crippen molar-refractivity contribution in [3.05, 3.63) is 6.33 Å². The fourth-order valence-corrected chi connectivity index (χ4v) is 2.25. The fourth-order valence-electron chi connectivity index (χ4n) is 1.24. The van der Waals surface area contributed by atoms with Gasteiger partial charge in [-0.05, 0) is 26.3 Å². The van der Waals surface area contributed by atoms with Crippen molar-refractivity contribution in [2.75, 3.05) is 12.3 Å². The van der Waals surface area contributed by atoms with Gasteiger partial charge in [-0.15, -0.1) is 0 Å². The minimum atomic E-state index is 0.589. The molecule has 1 unspecified atom stereocenters. The van der Waals surface area contributed by atoms with Crippen molar-refractivity contribution in [3.8, 4) is 0 Å². The number of thioether (sulfide) groups is 1. The van der Waals surface area contributed by atoms with Gasteiger partial charge in [0.2, 0.25) is 0 Å². The number of hydrogen-bond acceptors (Lipinski definition) is 4. The number of nitrogens with one attached hydrogen (secondary N) is 1. The summed E-state index contributed by atoms with van der Waals surface area (Å²) in [5, 5.41) is 8.50. The smallest absolute Gasteiger partial charge is 0.185 e. The summed E-state index contributed by atoms with van der Waals surface area (Å²) in [5.41, 5.74) is 0. The molecule has 5 heteroatoms. The standard InChI is InChI=1S/C10H20N4S/c1-4-6-11-9(2)5-7-15-10-12-8-13-14(10)3/h8-9,11H,4-7H2,1-3H3. The van der Waals surface area contributed by atoms with Crippen LogP contribution in [0.4, 0.5) is 0 Å². The van der Waals surface area contributed by atoms with Crippen LogP contribution in [0.5, 0.6) is 0 Å². The summed E-state index contributed by atoms with van der Waals surface area (Å²) in [6.07, 6.45) is 3.96. The van der Waals surface area contributed by atoms with Gasteiger partial charge in [0.25, 0.3) is 0 Å². The first-order valence-corrected chi connectivity index (χ1v) is 6.42. The van der Waals surface area contributed by atoms with Crippen molar-refractivity contribution in [2.45, 2.75) is 37.9 Å². The topological polar surface area (TPSA) is 42.7 Å². The highest BCUT2D eigenvalue weighted by Gasteiger charge is 2.03. The molecule has 0 fully saturated rings. The molecule has 0 amide bonds. The minimum Gasteiger partial charge on any atom is -0.314 e. The zero-order chi connectivity index (χ0) is 11.1. The fraction of sp³-hybridized carbons (Fsp3) is 0.800. The molecule has 86 valence electrons. The molecule has 1 aromatic heterocycles. The first-order chi connectivity index (χ1) is 7.24. The zero-order valence-corrected chi connectivity index (χ0v) is 10.5. The lowest BCUT2D eigenvalue weighted by atomic mass is 10.2. The Morgan fingerprint density at radius 2 is 2.40 bits per heavy atom. The second-order valence-corrected chi connectivity index (χ2v) is 4.72. The van der Waals surface area contributed by atoms with Crippen LogP contribution in [0, 0.1) is 0 Å². The number of aryl methyl sites for hydroxylation is 1. The normalized spacial score (nSPS) is 13.0. The van der Waals surface area contributed by atoms with Crippen molar-refractivity contribution >= 4 is 11.8 Å². The Morgan fingerprint density at radius 3 is 3.00 bits per heavy atom. The van der Waals surface area contributed by atoms with Crippen molar-refractivity contribution < 1.29 is 0 Å². The summed E-state index contributed by atoms with van der Waals surface area (Å²) >= 11 is 1.76. The van der Waals surface area contributed by atoms with Crippen molar-refractivity contribution in [1.82, 2.24) is 20.1 Å². The molecule has 0 aliphatic rings. The molecule has 4 nitrogen and oxygen atoms in total. The molecule has 0 aliphatic carbocycles. The Balaban J connectivity index is 2.13. The average Bonchev–Trinajstić information content (AvgIpc) is 2.61.